The van der Waals surface area contributed by atoms with Crippen molar-refractivity contribution in [2.45, 2.75) is 45.8 Å². The summed E-state index contributed by atoms with van der Waals surface area (Å²) in [6.45, 7) is 9.08. The molecule has 0 saturated heterocycles. The molecule has 1 unspecified atom stereocenters. The lowest BCUT2D eigenvalue weighted by atomic mass is 10.0. The Balaban J connectivity index is 2.18. The summed E-state index contributed by atoms with van der Waals surface area (Å²) in [7, 11) is 0. The summed E-state index contributed by atoms with van der Waals surface area (Å²) in [4.78, 5) is 14.2. The Labute approximate surface area is 126 Å². The summed E-state index contributed by atoms with van der Waals surface area (Å²) >= 11 is 0. The summed E-state index contributed by atoms with van der Waals surface area (Å²) in [5.74, 6) is 0.771. The summed E-state index contributed by atoms with van der Waals surface area (Å²) in [5, 5.41) is 3.00. The number of nitrogens with one attached hydrogen (secondary N) is 1. The third-order valence-corrected chi connectivity index (χ3v) is 3.64. The molecule has 5 nitrogen and oxygen atoms in total. The van der Waals surface area contributed by atoms with Crippen LogP contribution in [0.1, 0.15) is 34.1 Å². The number of benzene rings is 1. The molecule has 2 rings (SSSR count). The van der Waals surface area contributed by atoms with Gasteiger partial charge in [0.25, 0.3) is 0 Å². The van der Waals surface area contributed by atoms with Crippen molar-refractivity contribution in [2.24, 2.45) is 0 Å². The Kier molecular flexibility index (Phi) is 4.30. The predicted octanol–water partition coefficient (Wildman–Crippen LogP) is 2.16. The molecule has 1 atom stereocenters. The van der Waals surface area contributed by atoms with Gasteiger partial charge in [-0.15, -0.1) is 0 Å². The van der Waals surface area contributed by atoms with Crippen LogP contribution >= 0.6 is 0 Å². The van der Waals surface area contributed by atoms with Crippen molar-refractivity contribution in [3.63, 3.8) is 0 Å². The van der Waals surface area contributed by atoms with Crippen molar-refractivity contribution in [1.29, 1.82) is 0 Å². The van der Waals surface area contributed by atoms with Gasteiger partial charge >= 0.3 is 0 Å². The summed E-state index contributed by atoms with van der Waals surface area (Å²) < 4.78 is 5.96. The fraction of sp³-hybridized carbons (Fsp3) is 0.562. The second kappa shape index (κ2) is 5.84. The van der Waals surface area contributed by atoms with Crippen molar-refractivity contribution in [1.82, 2.24) is 5.32 Å². The zero-order chi connectivity index (χ0) is 15.6. The monoisotopic (exact) mass is 291 g/mol. The summed E-state index contributed by atoms with van der Waals surface area (Å²) in [5.41, 5.74) is 7.06. The van der Waals surface area contributed by atoms with Crippen molar-refractivity contribution in [3.8, 4) is 5.75 Å². The maximum atomic E-state index is 12.2. The average Bonchev–Trinajstić information content (AvgIpc) is 2.36. The SMILES string of the molecule is CCC(C)NC(=O)CN1CC(C)(C)Oc2cc(N)ccc21. The van der Waals surface area contributed by atoms with Gasteiger partial charge in [-0.25, -0.2) is 0 Å². The molecule has 1 aromatic rings. The van der Waals surface area contributed by atoms with E-state index >= 15 is 0 Å². The highest BCUT2D eigenvalue weighted by molar-refractivity contribution is 5.83. The average molecular weight is 291 g/mol. The fourth-order valence-corrected chi connectivity index (χ4v) is 2.49. The van der Waals surface area contributed by atoms with Gasteiger partial charge in [0.15, 0.2) is 0 Å². The molecule has 0 radical (unpaired) electrons. The number of hydrogen-bond donors (Lipinski definition) is 2. The highest BCUT2D eigenvalue weighted by atomic mass is 16.5. The first-order valence-corrected chi connectivity index (χ1v) is 7.43. The number of fused-ring (bicyclic) bond motifs is 1. The van der Waals surface area contributed by atoms with Gasteiger partial charge in [0.05, 0.1) is 18.8 Å². The number of hydrogen-bond acceptors (Lipinski definition) is 4. The maximum absolute atomic E-state index is 12.2. The molecule has 0 saturated carbocycles. The van der Waals surface area contributed by atoms with E-state index in [0.717, 1.165) is 17.9 Å². The van der Waals surface area contributed by atoms with E-state index in [9.17, 15) is 4.79 Å². The smallest absolute Gasteiger partial charge is 0.239 e. The third kappa shape index (κ3) is 3.80. The maximum Gasteiger partial charge on any atom is 0.239 e. The van der Waals surface area contributed by atoms with Crippen molar-refractivity contribution < 1.29 is 9.53 Å². The molecule has 0 aliphatic carbocycles. The zero-order valence-corrected chi connectivity index (χ0v) is 13.3. The van der Waals surface area contributed by atoms with Gasteiger partial charge in [0.1, 0.15) is 11.4 Å². The number of carbonyl (C=O) groups excluding carboxylic acids is 1. The Morgan fingerprint density at radius 3 is 2.90 bits per heavy atom. The van der Waals surface area contributed by atoms with Gasteiger partial charge in [-0.2, -0.15) is 0 Å². The molecule has 0 bridgehead atoms. The van der Waals surface area contributed by atoms with E-state index in [2.05, 4.69) is 17.1 Å². The lowest BCUT2D eigenvalue weighted by Crippen LogP contribution is -2.50. The lowest BCUT2D eigenvalue weighted by molar-refractivity contribution is -0.120. The Morgan fingerprint density at radius 1 is 1.52 bits per heavy atom. The molecule has 116 valence electrons. The highest BCUT2D eigenvalue weighted by Crippen LogP contribution is 2.37. The molecule has 21 heavy (non-hydrogen) atoms. The number of ether oxygens (including phenoxy) is 1. The highest BCUT2D eigenvalue weighted by Gasteiger charge is 2.32. The van der Waals surface area contributed by atoms with Crippen LogP contribution < -0.4 is 20.7 Å². The first-order chi connectivity index (χ1) is 9.80. The van der Waals surface area contributed by atoms with Crippen LogP contribution in [0.25, 0.3) is 0 Å². The van der Waals surface area contributed by atoms with Crippen molar-refractivity contribution >= 4 is 17.3 Å². The van der Waals surface area contributed by atoms with E-state index in [1.165, 1.54) is 0 Å². The molecule has 1 aromatic carbocycles. The standard InChI is InChI=1S/C16H25N3O2/c1-5-11(2)18-15(20)9-19-10-16(3,4)21-14-8-12(17)6-7-13(14)19/h6-8,11H,5,9-10,17H2,1-4H3,(H,18,20). The van der Waals surface area contributed by atoms with Crippen LogP contribution in [0.4, 0.5) is 11.4 Å². The van der Waals surface area contributed by atoms with Crippen LogP contribution in [-0.4, -0.2) is 30.6 Å². The normalized spacial score (nSPS) is 17.6. The first-order valence-electron chi connectivity index (χ1n) is 7.43. The number of nitrogen functional groups attached to an aromatic ring is 1. The Hall–Kier alpha value is -1.91. The van der Waals surface area contributed by atoms with Gasteiger partial charge in [-0.3, -0.25) is 4.79 Å². The van der Waals surface area contributed by atoms with E-state index in [4.69, 9.17) is 10.5 Å². The summed E-state index contributed by atoms with van der Waals surface area (Å²) in [6.07, 6.45) is 0.924. The van der Waals surface area contributed by atoms with Crippen LogP contribution in [0.5, 0.6) is 5.75 Å². The van der Waals surface area contributed by atoms with Crippen molar-refractivity contribution in [2.75, 3.05) is 23.7 Å². The number of rotatable bonds is 4. The van der Waals surface area contributed by atoms with Gasteiger partial charge in [-0.1, -0.05) is 6.92 Å². The molecule has 0 spiro atoms. The van der Waals surface area contributed by atoms with Crippen LogP contribution in [0.3, 0.4) is 0 Å². The number of nitrogens with zero attached hydrogens (tertiary/aromatic N) is 1. The fourth-order valence-electron chi connectivity index (χ4n) is 2.49. The van der Waals surface area contributed by atoms with Crippen molar-refractivity contribution in [3.05, 3.63) is 18.2 Å². The zero-order valence-electron chi connectivity index (χ0n) is 13.3. The van der Waals surface area contributed by atoms with Gasteiger partial charge in [-0.05, 0) is 39.3 Å². The lowest BCUT2D eigenvalue weighted by Gasteiger charge is -2.40. The van der Waals surface area contributed by atoms with Crippen LogP contribution in [-0.2, 0) is 4.79 Å². The van der Waals surface area contributed by atoms with E-state index in [1.54, 1.807) is 0 Å². The third-order valence-electron chi connectivity index (χ3n) is 3.64. The second-order valence-electron chi connectivity index (χ2n) is 6.32. The molecule has 1 aliphatic rings. The summed E-state index contributed by atoms with van der Waals surface area (Å²) in [6, 6.07) is 5.75. The quantitative estimate of drug-likeness (QED) is 0.834. The molecule has 0 aromatic heterocycles. The van der Waals surface area contributed by atoms with E-state index in [1.807, 2.05) is 39.0 Å². The van der Waals surface area contributed by atoms with Crippen LogP contribution in [0.2, 0.25) is 0 Å². The molecular weight excluding hydrogens is 266 g/mol. The first kappa shape index (κ1) is 15.5. The molecule has 5 heteroatoms. The minimum absolute atomic E-state index is 0.0322. The molecule has 3 N–H and O–H groups in total. The molecule has 0 fully saturated rings. The van der Waals surface area contributed by atoms with Gasteiger partial charge in [0.2, 0.25) is 5.91 Å². The largest absolute Gasteiger partial charge is 0.484 e. The predicted molar refractivity (Wildman–Crippen MR) is 85.7 cm³/mol. The van der Waals surface area contributed by atoms with Crippen LogP contribution in [0, 0.1) is 0 Å². The number of amides is 1. The minimum Gasteiger partial charge on any atom is -0.484 e. The Morgan fingerprint density at radius 2 is 2.24 bits per heavy atom. The van der Waals surface area contributed by atoms with E-state index in [0.29, 0.717) is 18.8 Å². The van der Waals surface area contributed by atoms with Gasteiger partial charge in [0, 0.05) is 17.8 Å². The van der Waals surface area contributed by atoms with E-state index < -0.39 is 0 Å². The number of nitrogens with two attached hydrogens (primary N) is 1. The molecular formula is C16H25N3O2. The topological polar surface area (TPSA) is 67.6 Å². The second-order valence-corrected chi connectivity index (χ2v) is 6.32. The van der Waals surface area contributed by atoms with Gasteiger partial charge < -0.3 is 20.7 Å². The van der Waals surface area contributed by atoms with Crippen LogP contribution in [0.15, 0.2) is 18.2 Å². The Bertz CT molecular complexity index is 528. The molecule has 1 heterocycles. The molecule has 1 aliphatic heterocycles. The number of carbonyl (C=O) groups is 1. The minimum atomic E-state index is -0.350. The molecule has 1 amide bonds. The van der Waals surface area contributed by atoms with E-state index in [-0.39, 0.29) is 17.6 Å². The number of anilines is 2.